The Labute approximate surface area is 74.9 Å². The first-order chi connectivity index (χ1) is 5.70. The van der Waals surface area contributed by atoms with Crippen LogP contribution in [0.25, 0.3) is 0 Å². The lowest BCUT2D eigenvalue weighted by Crippen LogP contribution is -2.15. The van der Waals surface area contributed by atoms with E-state index in [0.717, 1.165) is 19.4 Å². The van der Waals surface area contributed by atoms with Gasteiger partial charge in [-0.05, 0) is 38.5 Å². The van der Waals surface area contributed by atoms with Gasteiger partial charge >= 0.3 is 0 Å². The van der Waals surface area contributed by atoms with Gasteiger partial charge in [0, 0.05) is 6.61 Å². The van der Waals surface area contributed by atoms with Crippen molar-refractivity contribution < 1.29 is 9.84 Å². The van der Waals surface area contributed by atoms with E-state index in [9.17, 15) is 5.11 Å². The summed E-state index contributed by atoms with van der Waals surface area (Å²) in [5, 5.41) is 9.25. The molecule has 3 atom stereocenters. The number of ether oxygens (including phenoxy) is 1. The zero-order chi connectivity index (χ0) is 8.97. The Balaban J connectivity index is 2.07. The third-order valence-electron chi connectivity index (χ3n) is 2.79. The fourth-order valence-electron chi connectivity index (χ4n) is 1.56. The van der Waals surface area contributed by atoms with Crippen LogP contribution < -0.4 is 0 Å². The lowest BCUT2D eigenvalue weighted by Gasteiger charge is -2.16. The van der Waals surface area contributed by atoms with Gasteiger partial charge < -0.3 is 9.84 Å². The van der Waals surface area contributed by atoms with Crippen molar-refractivity contribution in [2.75, 3.05) is 6.61 Å². The van der Waals surface area contributed by atoms with Crippen molar-refractivity contribution >= 4 is 0 Å². The Bertz CT molecular complexity index is 115. The summed E-state index contributed by atoms with van der Waals surface area (Å²) in [7, 11) is 0. The Morgan fingerprint density at radius 3 is 2.75 bits per heavy atom. The van der Waals surface area contributed by atoms with E-state index >= 15 is 0 Å². The van der Waals surface area contributed by atoms with Gasteiger partial charge in [-0.1, -0.05) is 6.92 Å². The summed E-state index contributed by atoms with van der Waals surface area (Å²) in [6.45, 7) is 4.90. The highest BCUT2D eigenvalue weighted by molar-refractivity contribution is 4.68. The van der Waals surface area contributed by atoms with Gasteiger partial charge in [-0.25, -0.2) is 0 Å². The summed E-state index contributed by atoms with van der Waals surface area (Å²) in [5.74, 6) is 0.411. The quantitative estimate of drug-likeness (QED) is 0.702. The largest absolute Gasteiger partial charge is 0.393 e. The number of aliphatic hydroxyl groups is 1. The smallest absolute Gasteiger partial charge is 0.0576 e. The van der Waals surface area contributed by atoms with E-state index in [2.05, 4.69) is 6.92 Å². The highest BCUT2D eigenvalue weighted by Crippen LogP contribution is 2.20. The van der Waals surface area contributed by atoms with Crippen LogP contribution >= 0.6 is 0 Å². The van der Waals surface area contributed by atoms with Crippen molar-refractivity contribution in [3.05, 3.63) is 0 Å². The van der Waals surface area contributed by atoms with Crippen molar-refractivity contribution in [1.82, 2.24) is 0 Å². The molecule has 1 saturated heterocycles. The van der Waals surface area contributed by atoms with Crippen LogP contribution in [0, 0.1) is 5.92 Å². The molecule has 0 aliphatic carbocycles. The standard InChI is InChI=1S/C10H20O2/c1-8(9(2)11)5-6-10-4-3-7-12-10/h8-11H,3-7H2,1-2H3. The van der Waals surface area contributed by atoms with Crippen LogP contribution in [0.5, 0.6) is 0 Å². The summed E-state index contributed by atoms with van der Waals surface area (Å²) in [6.07, 6.45) is 4.94. The van der Waals surface area contributed by atoms with Gasteiger partial charge in [0.1, 0.15) is 0 Å². The van der Waals surface area contributed by atoms with Gasteiger partial charge in [-0.3, -0.25) is 0 Å². The second-order valence-electron chi connectivity index (χ2n) is 3.93. The van der Waals surface area contributed by atoms with E-state index in [1.807, 2.05) is 6.92 Å². The van der Waals surface area contributed by atoms with Crippen LogP contribution in [-0.2, 0) is 4.74 Å². The maximum absolute atomic E-state index is 9.25. The minimum absolute atomic E-state index is 0.175. The monoisotopic (exact) mass is 172 g/mol. The molecule has 1 aliphatic heterocycles. The van der Waals surface area contributed by atoms with Crippen LogP contribution in [0.3, 0.4) is 0 Å². The van der Waals surface area contributed by atoms with E-state index in [4.69, 9.17) is 4.74 Å². The maximum atomic E-state index is 9.25. The highest BCUT2D eigenvalue weighted by Gasteiger charge is 2.17. The minimum atomic E-state index is -0.175. The molecular formula is C10H20O2. The molecule has 0 aromatic heterocycles. The first-order valence-corrected chi connectivity index (χ1v) is 5.00. The molecule has 1 rings (SSSR count). The molecule has 0 spiro atoms. The first kappa shape index (κ1) is 10.0. The zero-order valence-electron chi connectivity index (χ0n) is 8.12. The lowest BCUT2D eigenvalue weighted by molar-refractivity contribution is 0.0814. The molecule has 0 amide bonds. The molecule has 1 heterocycles. The number of rotatable bonds is 4. The summed E-state index contributed by atoms with van der Waals surface area (Å²) >= 11 is 0. The van der Waals surface area contributed by atoms with E-state index in [1.54, 1.807) is 0 Å². The van der Waals surface area contributed by atoms with E-state index in [-0.39, 0.29) is 6.10 Å². The molecule has 0 saturated carbocycles. The van der Waals surface area contributed by atoms with Gasteiger partial charge in [0.05, 0.1) is 12.2 Å². The predicted octanol–water partition coefficient (Wildman–Crippen LogP) is 1.96. The van der Waals surface area contributed by atoms with Crippen molar-refractivity contribution in [2.24, 2.45) is 5.92 Å². The third kappa shape index (κ3) is 3.11. The number of hydrogen-bond acceptors (Lipinski definition) is 2. The molecule has 3 unspecified atom stereocenters. The Hall–Kier alpha value is -0.0800. The maximum Gasteiger partial charge on any atom is 0.0576 e. The summed E-state index contributed by atoms with van der Waals surface area (Å²) in [5.41, 5.74) is 0. The molecule has 0 radical (unpaired) electrons. The molecule has 1 aliphatic rings. The molecular weight excluding hydrogens is 152 g/mol. The van der Waals surface area contributed by atoms with Crippen molar-refractivity contribution in [3.8, 4) is 0 Å². The van der Waals surface area contributed by atoms with Crippen LogP contribution in [0.2, 0.25) is 0 Å². The predicted molar refractivity (Wildman–Crippen MR) is 49.1 cm³/mol. The summed E-state index contributed by atoms with van der Waals surface area (Å²) in [6, 6.07) is 0. The van der Waals surface area contributed by atoms with Gasteiger partial charge in [0.25, 0.3) is 0 Å². The molecule has 72 valence electrons. The van der Waals surface area contributed by atoms with Gasteiger partial charge in [-0.2, -0.15) is 0 Å². The Kier molecular flexibility index (Phi) is 4.02. The van der Waals surface area contributed by atoms with E-state index < -0.39 is 0 Å². The van der Waals surface area contributed by atoms with Gasteiger partial charge in [0.15, 0.2) is 0 Å². The second-order valence-corrected chi connectivity index (χ2v) is 3.93. The van der Waals surface area contributed by atoms with Gasteiger partial charge in [0.2, 0.25) is 0 Å². The molecule has 1 N–H and O–H groups in total. The molecule has 0 aromatic rings. The molecule has 0 aromatic carbocycles. The van der Waals surface area contributed by atoms with Gasteiger partial charge in [-0.15, -0.1) is 0 Å². The number of aliphatic hydroxyl groups excluding tert-OH is 1. The second kappa shape index (κ2) is 4.83. The fraction of sp³-hybridized carbons (Fsp3) is 1.00. The highest BCUT2D eigenvalue weighted by atomic mass is 16.5. The number of hydrogen-bond donors (Lipinski definition) is 1. The van der Waals surface area contributed by atoms with E-state index in [1.165, 1.54) is 12.8 Å². The molecule has 2 nitrogen and oxygen atoms in total. The lowest BCUT2D eigenvalue weighted by atomic mass is 9.97. The van der Waals surface area contributed by atoms with Crippen LogP contribution in [0.15, 0.2) is 0 Å². The van der Waals surface area contributed by atoms with Crippen LogP contribution in [-0.4, -0.2) is 23.9 Å². The summed E-state index contributed by atoms with van der Waals surface area (Å²) in [4.78, 5) is 0. The molecule has 2 heteroatoms. The molecule has 0 bridgehead atoms. The van der Waals surface area contributed by atoms with Crippen molar-refractivity contribution in [2.45, 2.75) is 51.7 Å². The average Bonchev–Trinajstić information content (AvgIpc) is 2.51. The van der Waals surface area contributed by atoms with Crippen molar-refractivity contribution in [1.29, 1.82) is 0 Å². The van der Waals surface area contributed by atoms with Crippen LogP contribution in [0.1, 0.15) is 39.5 Å². The Morgan fingerprint density at radius 2 is 2.25 bits per heavy atom. The summed E-state index contributed by atoms with van der Waals surface area (Å²) < 4.78 is 5.50. The molecule has 12 heavy (non-hydrogen) atoms. The molecule has 1 fully saturated rings. The first-order valence-electron chi connectivity index (χ1n) is 5.00. The third-order valence-corrected chi connectivity index (χ3v) is 2.79. The average molecular weight is 172 g/mol. The Morgan fingerprint density at radius 1 is 1.50 bits per heavy atom. The minimum Gasteiger partial charge on any atom is -0.393 e. The fourth-order valence-corrected chi connectivity index (χ4v) is 1.56. The SMILES string of the molecule is CC(O)C(C)CCC1CCCO1. The van der Waals surface area contributed by atoms with E-state index in [0.29, 0.717) is 12.0 Å². The zero-order valence-corrected chi connectivity index (χ0v) is 8.12. The van der Waals surface area contributed by atoms with Crippen LogP contribution in [0.4, 0.5) is 0 Å². The van der Waals surface area contributed by atoms with Crippen molar-refractivity contribution in [3.63, 3.8) is 0 Å². The normalized spacial score (nSPS) is 28.8. The topological polar surface area (TPSA) is 29.5 Å².